The fraction of sp³-hybridized carbons (Fsp3) is 0.417. The van der Waals surface area contributed by atoms with Gasteiger partial charge in [-0.05, 0) is 31.4 Å². The molecule has 2 aromatic rings. The highest BCUT2D eigenvalue weighted by Gasteiger charge is 2.32. The van der Waals surface area contributed by atoms with Crippen LogP contribution in [0, 0.1) is 5.92 Å². The number of hydrogen-bond acceptors (Lipinski definition) is 8. The molecule has 0 unspecified atom stereocenters. The average Bonchev–Trinajstić information content (AvgIpc) is 2.80. The van der Waals surface area contributed by atoms with Crippen molar-refractivity contribution in [2.45, 2.75) is 57.8 Å². The van der Waals surface area contributed by atoms with Gasteiger partial charge in [0.1, 0.15) is 35.5 Å². The highest BCUT2D eigenvalue weighted by molar-refractivity contribution is 6.00. The second-order valence-electron chi connectivity index (χ2n) is 8.92. The Balaban J connectivity index is 2.27. The van der Waals surface area contributed by atoms with E-state index in [2.05, 4.69) is 16.0 Å². The van der Waals surface area contributed by atoms with Crippen LogP contribution >= 0.6 is 0 Å². The Hall–Kier alpha value is -4.26. The first-order valence-electron chi connectivity index (χ1n) is 11.4. The number of amides is 4. The largest absolute Gasteiger partial charge is 0.481 e. The van der Waals surface area contributed by atoms with E-state index in [4.69, 9.17) is 10.2 Å². The Morgan fingerprint density at radius 1 is 0.973 bits per heavy atom. The second kappa shape index (κ2) is 12.6. The first kappa shape index (κ1) is 29.0. The standard InChI is InChI=1S/C24H30N4O9/c1-11(2)8-15(26-22(34)14-10-37-17-7-5-4-6-13(17)20(14)32)23(35)27-16(9-18(30)31)24(36)28-19(12(3)29)21(25)33/h4-7,10-12,15-16,19,29H,8-9H2,1-3H3,(H2,25,33)(H,26,34)(H,27,35)(H,28,36)(H,30,31)/t12-,15+,16+,19+/m1/s1. The molecule has 0 fully saturated rings. The number of primary amides is 1. The van der Waals surface area contributed by atoms with Crippen molar-refractivity contribution in [3.63, 3.8) is 0 Å². The quantitative estimate of drug-likeness (QED) is 0.208. The average molecular weight is 519 g/mol. The van der Waals surface area contributed by atoms with Gasteiger partial charge in [0.25, 0.3) is 5.91 Å². The minimum absolute atomic E-state index is 0.0789. The summed E-state index contributed by atoms with van der Waals surface area (Å²) < 4.78 is 5.35. The van der Waals surface area contributed by atoms with E-state index in [1.165, 1.54) is 13.0 Å². The zero-order chi connectivity index (χ0) is 27.9. The molecule has 7 N–H and O–H groups in total. The smallest absolute Gasteiger partial charge is 0.305 e. The number of benzene rings is 1. The van der Waals surface area contributed by atoms with E-state index in [0.717, 1.165) is 6.26 Å². The Kier molecular flexibility index (Phi) is 9.89. The van der Waals surface area contributed by atoms with Gasteiger partial charge in [0.2, 0.25) is 23.2 Å². The zero-order valence-electron chi connectivity index (χ0n) is 20.5. The molecule has 0 aliphatic rings. The van der Waals surface area contributed by atoms with Gasteiger partial charge in [0.15, 0.2) is 0 Å². The molecular formula is C24H30N4O9. The molecular weight excluding hydrogens is 488 g/mol. The van der Waals surface area contributed by atoms with E-state index in [9.17, 15) is 39.0 Å². The molecule has 0 spiro atoms. The monoisotopic (exact) mass is 518 g/mol. The number of carbonyl (C=O) groups excluding carboxylic acids is 4. The number of aliphatic carboxylic acids is 1. The summed E-state index contributed by atoms with van der Waals surface area (Å²) in [5, 5.41) is 25.8. The SMILES string of the molecule is CC(C)C[C@H](NC(=O)c1coc2ccccc2c1=O)C(=O)N[C@@H](CC(=O)O)C(=O)N[C@H](C(N)=O)[C@@H](C)O. The van der Waals surface area contributed by atoms with Crippen LogP contribution in [-0.4, -0.2) is 64.0 Å². The lowest BCUT2D eigenvalue weighted by atomic mass is 10.0. The summed E-state index contributed by atoms with van der Waals surface area (Å²) in [7, 11) is 0. The second-order valence-corrected chi connectivity index (χ2v) is 8.92. The molecule has 0 aliphatic carbocycles. The van der Waals surface area contributed by atoms with Gasteiger partial charge < -0.3 is 36.3 Å². The molecule has 4 amide bonds. The molecule has 4 atom stereocenters. The van der Waals surface area contributed by atoms with Crippen molar-refractivity contribution in [1.82, 2.24) is 16.0 Å². The van der Waals surface area contributed by atoms with Crippen LogP contribution < -0.4 is 27.1 Å². The third-order valence-electron chi connectivity index (χ3n) is 5.35. The van der Waals surface area contributed by atoms with Crippen LogP contribution in [0.1, 0.15) is 44.0 Å². The Bertz CT molecular complexity index is 1240. The topological polar surface area (TPSA) is 218 Å². The molecule has 0 radical (unpaired) electrons. The summed E-state index contributed by atoms with van der Waals surface area (Å²) >= 11 is 0. The minimum atomic E-state index is -1.66. The third kappa shape index (κ3) is 7.87. The summed E-state index contributed by atoms with van der Waals surface area (Å²) in [6, 6.07) is 1.85. The Morgan fingerprint density at radius 3 is 2.16 bits per heavy atom. The molecule has 13 nitrogen and oxygen atoms in total. The van der Waals surface area contributed by atoms with Gasteiger partial charge in [0, 0.05) is 0 Å². The number of carboxylic acid groups (broad SMARTS) is 1. The van der Waals surface area contributed by atoms with Gasteiger partial charge in [-0.1, -0.05) is 26.0 Å². The first-order chi connectivity index (χ1) is 17.3. The maximum Gasteiger partial charge on any atom is 0.305 e. The molecule has 0 saturated heterocycles. The van der Waals surface area contributed by atoms with Gasteiger partial charge in [-0.15, -0.1) is 0 Å². The van der Waals surface area contributed by atoms with Crippen molar-refractivity contribution in [3.8, 4) is 0 Å². The zero-order valence-corrected chi connectivity index (χ0v) is 20.5. The van der Waals surface area contributed by atoms with Crippen LogP contribution in [0.25, 0.3) is 11.0 Å². The molecule has 0 aliphatic heterocycles. The van der Waals surface area contributed by atoms with Gasteiger partial charge in [-0.3, -0.25) is 28.8 Å². The Labute approximate surface area is 211 Å². The number of aliphatic hydroxyl groups is 1. The van der Waals surface area contributed by atoms with E-state index >= 15 is 0 Å². The number of rotatable bonds is 12. The van der Waals surface area contributed by atoms with Crippen LogP contribution in [0.3, 0.4) is 0 Å². The maximum absolute atomic E-state index is 13.1. The molecule has 13 heteroatoms. The third-order valence-corrected chi connectivity index (χ3v) is 5.35. The number of nitrogens with one attached hydrogen (secondary N) is 3. The van der Waals surface area contributed by atoms with Crippen LogP contribution in [-0.2, 0) is 19.2 Å². The lowest BCUT2D eigenvalue weighted by Gasteiger charge is -2.25. The number of fused-ring (bicyclic) bond motifs is 1. The molecule has 200 valence electrons. The number of para-hydroxylation sites is 1. The van der Waals surface area contributed by atoms with Gasteiger partial charge in [0.05, 0.1) is 17.9 Å². The van der Waals surface area contributed by atoms with Crippen LogP contribution in [0.15, 0.2) is 39.7 Å². The summed E-state index contributed by atoms with van der Waals surface area (Å²) in [6.45, 7) is 4.72. The summed E-state index contributed by atoms with van der Waals surface area (Å²) in [4.78, 5) is 74.2. The lowest BCUT2D eigenvalue weighted by Crippen LogP contribution is -2.59. The highest BCUT2D eigenvalue weighted by Crippen LogP contribution is 2.12. The normalized spacial score (nSPS) is 14.3. The first-order valence-corrected chi connectivity index (χ1v) is 11.4. The summed E-state index contributed by atoms with van der Waals surface area (Å²) in [6.07, 6.45) is -1.19. The number of nitrogens with two attached hydrogens (primary N) is 1. The van der Waals surface area contributed by atoms with Gasteiger partial charge in [-0.25, -0.2) is 0 Å². The lowest BCUT2D eigenvalue weighted by molar-refractivity contribution is -0.141. The fourth-order valence-corrected chi connectivity index (χ4v) is 3.51. The van der Waals surface area contributed by atoms with Crippen molar-refractivity contribution in [3.05, 3.63) is 46.3 Å². The van der Waals surface area contributed by atoms with Gasteiger partial charge in [-0.2, -0.15) is 0 Å². The van der Waals surface area contributed by atoms with E-state index in [1.54, 1.807) is 32.0 Å². The maximum atomic E-state index is 13.1. The number of hydrogen-bond donors (Lipinski definition) is 6. The molecule has 2 rings (SSSR count). The van der Waals surface area contributed by atoms with Crippen LogP contribution in [0.4, 0.5) is 0 Å². The molecule has 37 heavy (non-hydrogen) atoms. The highest BCUT2D eigenvalue weighted by atomic mass is 16.4. The van der Waals surface area contributed by atoms with Gasteiger partial charge >= 0.3 is 5.97 Å². The fourth-order valence-electron chi connectivity index (χ4n) is 3.51. The summed E-state index contributed by atoms with van der Waals surface area (Å²) in [5.74, 6) is -5.52. The molecule has 1 aromatic carbocycles. The molecule has 0 saturated carbocycles. The van der Waals surface area contributed by atoms with E-state index in [0.29, 0.717) is 0 Å². The predicted octanol–water partition coefficient (Wildman–Crippen LogP) is -0.752. The van der Waals surface area contributed by atoms with Crippen molar-refractivity contribution in [2.24, 2.45) is 11.7 Å². The molecule has 1 heterocycles. The van der Waals surface area contributed by atoms with Crippen molar-refractivity contribution in [2.75, 3.05) is 0 Å². The number of carboxylic acids is 1. The predicted molar refractivity (Wildman–Crippen MR) is 130 cm³/mol. The van der Waals surface area contributed by atoms with Crippen molar-refractivity contribution >= 4 is 40.6 Å². The molecule has 1 aromatic heterocycles. The minimum Gasteiger partial charge on any atom is -0.481 e. The Morgan fingerprint density at radius 2 is 1.59 bits per heavy atom. The van der Waals surface area contributed by atoms with E-state index in [-0.39, 0.29) is 28.9 Å². The number of aliphatic hydroxyl groups excluding tert-OH is 1. The van der Waals surface area contributed by atoms with Crippen LogP contribution in [0.5, 0.6) is 0 Å². The molecule has 0 bridgehead atoms. The number of carbonyl (C=O) groups is 5. The summed E-state index contributed by atoms with van der Waals surface area (Å²) in [5.41, 5.74) is 4.47. The van der Waals surface area contributed by atoms with E-state index in [1.807, 2.05) is 0 Å². The van der Waals surface area contributed by atoms with Crippen LogP contribution in [0.2, 0.25) is 0 Å². The van der Waals surface area contributed by atoms with Crippen molar-refractivity contribution in [1.29, 1.82) is 0 Å². The van der Waals surface area contributed by atoms with Crippen molar-refractivity contribution < 1.29 is 38.6 Å². The van der Waals surface area contributed by atoms with E-state index < -0.39 is 65.7 Å².